The Morgan fingerprint density at radius 2 is 1.57 bits per heavy atom. The van der Waals surface area contributed by atoms with Gasteiger partial charge in [0.05, 0.1) is 10.7 Å². The van der Waals surface area contributed by atoms with Crippen molar-refractivity contribution in [1.29, 1.82) is 0 Å². The van der Waals surface area contributed by atoms with E-state index in [1.807, 2.05) is 54.6 Å². The number of benzene rings is 3. The predicted molar refractivity (Wildman–Crippen MR) is 93.3 cm³/mol. The first-order chi connectivity index (χ1) is 11.2. The van der Waals surface area contributed by atoms with Crippen LogP contribution in [0, 0.1) is 0 Å². The Morgan fingerprint density at radius 1 is 0.870 bits per heavy atom. The molecule has 0 aliphatic heterocycles. The van der Waals surface area contributed by atoms with Crippen molar-refractivity contribution in [1.82, 2.24) is 0 Å². The molecule has 0 amide bonds. The number of ether oxygens (including phenoxy) is 1. The molecule has 0 unspecified atom stereocenters. The summed E-state index contributed by atoms with van der Waals surface area (Å²) < 4.78 is 5.73. The highest BCUT2D eigenvalue weighted by molar-refractivity contribution is 6.32. The maximum atomic E-state index is 9.39. The molecule has 0 heterocycles. The first-order valence-corrected chi connectivity index (χ1v) is 7.44. The van der Waals surface area contributed by atoms with Gasteiger partial charge in [-0.05, 0) is 60.2 Å². The number of hydrogen-bond acceptors (Lipinski definition) is 3. The van der Waals surface area contributed by atoms with E-state index >= 15 is 0 Å². The Bertz CT molecular complexity index is 815. The van der Waals surface area contributed by atoms with E-state index in [-0.39, 0.29) is 5.75 Å². The number of phenols is 1. The van der Waals surface area contributed by atoms with Crippen molar-refractivity contribution >= 4 is 23.5 Å². The van der Waals surface area contributed by atoms with Gasteiger partial charge in [-0.25, -0.2) is 0 Å². The molecule has 4 heteroatoms. The standard InChI is InChI=1S/C19H14ClNO2/c20-18-12-14(6-11-19(18)22)13-21-15-7-9-17(10-8-15)23-16-4-2-1-3-5-16/h1-13,22H. The van der Waals surface area contributed by atoms with E-state index in [2.05, 4.69) is 4.99 Å². The van der Waals surface area contributed by atoms with Gasteiger partial charge < -0.3 is 9.84 Å². The Balaban J connectivity index is 1.69. The normalized spacial score (nSPS) is 10.8. The average molecular weight is 324 g/mol. The molecule has 0 fully saturated rings. The molecule has 0 aliphatic carbocycles. The summed E-state index contributed by atoms with van der Waals surface area (Å²) in [4.78, 5) is 4.37. The van der Waals surface area contributed by atoms with E-state index in [0.29, 0.717) is 5.02 Å². The molecule has 1 N–H and O–H groups in total. The van der Waals surface area contributed by atoms with E-state index in [1.165, 1.54) is 0 Å². The fourth-order valence-corrected chi connectivity index (χ4v) is 2.17. The highest BCUT2D eigenvalue weighted by Gasteiger charge is 1.99. The predicted octanol–water partition coefficient (Wildman–Crippen LogP) is 5.59. The molecule has 3 nitrogen and oxygen atoms in total. The number of nitrogens with zero attached hydrogens (tertiary/aromatic N) is 1. The van der Waals surface area contributed by atoms with Crippen LogP contribution in [-0.2, 0) is 0 Å². The van der Waals surface area contributed by atoms with Crippen molar-refractivity contribution in [2.45, 2.75) is 0 Å². The summed E-state index contributed by atoms with van der Waals surface area (Å²) in [5.74, 6) is 1.61. The molecule has 0 saturated carbocycles. The summed E-state index contributed by atoms with van der Waals surface area (Å²) >= 11 is 5.87. The lowest BCUT2D eigenvalue weighted by atomic mass is 10.2. The molecular formula is C19H14ClNO2. The first kappa shape index (κ1) is 15.1. The second-order valence-corrected chi connectivity index (χ2v) is 5.29. The first-order valence-electron chi connectivity index (χ1n) is 7.06. The molecule has 114 valence electrons. The fraction of sp³-hybridized carbons (Fsp3) is 0. The van der Waals surface area contributed by atoms with Gasteiger partial charge in [-0.15, -0.1) is 0 Å². The van der Waals surface area contributed by atoms with Crippen LogP contribution in [-0.4, -0.2) is 11.3 Å². The zero-order valence-electron chi connectivity index (χ0n) is 12.2. The van der Waals surface area contributed by atoms with Crippen LogP contribution in [0.15, 0.2) is 77.8 Å². The van der Waals surface area contributed by atoms with Crippen molar-refractivity contribution in [2.24, 2.45) is 4.99 Å². The zero-order chi connectivity index (χ0) is 16.1. The van der Waals surface area contributed by atoms with E-state index in [1.54, 1.807) is 24.4 Å². The largest absolute Gasteiger partial charge is 0.506 e. The Labute approximate surface area is 139 Å². The molecule has 3 aromatic carbocycles. The number of hydrogen-bond donors (Lipinski definition) is 1. The fourth-order valence-electron chi connectivity index (χ4n) is 1.98. The van der Waals surface area contributed by atoms with E-state index < -0.39 is 0 Å². The SMILES string of the molecule is Oc1ccc(C=Nc2ccc(Oc3ccccc3)cc2)cc1Cl. The molecule has 0 saturated heterocycles. The summed E-state index contributed by atoms with van der Waals surface area (Å²) in [6.07, 6.45) is 1.69. The number of para-hydroxylation sites is 1. The van der Waals surface area contributed by atoms with Crippen molar-refractivity contribution in [3.05, 3.63) is 83.4 Å². The third kappa shape index (κ3) is 4.11. The summed E-state index contributed by atoms with van der Waals surface area (Å²) in [5, 5.41) is 9.70. The van der Waals surface area contributed by atoms with Gasteiger partial charge in [0.25, 0.3) is 0 Å². The maximum absolute atomic E-state index is 9.39. The minimum atomic E-state index is 0.0613. The molecule has 0 radical (unpaired) electrons. The van der Waals surface area contributed by atoms with Gasteiger partial charge in [-0.1, -0.05) is 29.8 Å². The zero-order valence-corrected chi connectivity index (χ0v) is 12.9. The molecule has 0 bridgehead atoms. The quantitative estimate of drug-likeness (QED) is 0.636. The maximum Gasteiger partial charge on any atom is 0.134 e. The number of halogens is 1. The highest BCUT2D eigenvalue weighted by atomic mass is 35.5. The molecule has 0 aliphatic rings. The summed E-state index contributed by atoms with van der Waals surface area (Å²) in [7, 11) is 0. The molecule has 23 heavy (non-hydrogen) atoms. The Hall–Kier alpha value is -2.78. The third-order valence-electron chi connectivity index (χ3n) is 3.15. The minimum Gasteiger partial charge on any atom is -0.506 e. The summed E-state index contributed by atoms with van der Waals surface area (Å²) in [6.45, 7) is 0. The van der Waals surface area contributed by atoms with Crippen LogP contribution >= 0.6 is 11.6 Å². The van der Waals surface area contributed by atoms with Crippen molar-refractivity contribution in [3.8, 4) is 17.2 Å². The van der Waals surface area contributed by atoms with Gasteiger partial charge in [0, 0.05) is 6.21 Å². The molecule has 0 atom stereocenters. The Morgan fingerprint density at radius 3 is 2.26 bits per heavy atom. The molecule has 0 aromatic heterocycles. The molecular weight excluding hydrogens is 310 g/mol. The number of aromatic hydroxyl groups is 1. The second kappa shape index (κ2) is 6.99. The van der Waals surface area contributed by atoms with Crippen LogP contribution in [0.25, 0.3) is 0 Å². The molecule has 0 spiro atoms. The lowest BCUT2D eigenvalue weighted by Gasteiger charge is -2.05. The number of rotatable bonds is 4. The van der Waals surface area contributed by atoms with Gasteiger partial charge in [0.15, 0.2) is 0 Å². The summed E-state index contributed by atoms with van der Waals surface area (Å²) in [5.41, 5.74) is 1.62. The van der Waals surface area contributed by atoms with Crippen LogP contribution in [0.2, 0.25) is 5.02 Å². The highest BCUT2D eigenvalue weighted by Crippen LogP contribution is 2.25. The topological polar surface area (TPSA) is 41.8 Å². The van der Waals surface area contributed by atoms with Gasteiger partial charge in [-0.2, -0.15) is 0 Å². The molecule has 3 rings (SSSR count). The van der Waals surface area contributed by atoms with E-state index in [0.717, 1.165) is 22.7 Å². The Kier molecular flexibility index (Phi) is 4.60. The average Bonchev–Trinajstić information content (AvgIpc) is 2.58. The second-order valence-electron chi connectivity index (χ2n) is 4.88. The number of aliphatic imine (C=N–C) groups is 1. The van der Waals surface area contributed by atoms with Gasteiger partial charge in [-0.3, -0.25) is 4.99 Å². The van der Waals surface area contributed by atoms with Gasteiger partial charge in [0.2, 0.25) is 0 Å². The van der Waals surface area contributed by atoms with Crippen molar-refractivity contribution in [3.63, 3.8) is 0 Å². The van der Waals surface area contributed by atoms with Crippen molar-refractivity contribution in [2.75, 3.05) is 0 Å². The lowest BCUT2D eigenvalue weighted by molar-refractivity contribution is 0.475. The van der Waals surface area contributed by atoms with Crippen LogP contribution < -0.4 is 4.74 Å². The lowest BCUT2D eigenvalue weighted by Crippen LogP contribution is -1.83. The third-order valence-corrected chi connectivity index (χ3v) is 3.45. The van der Waals surface area contributed by atoms with Crippen LogP contribution in [0.3, 0.4) is 0 Å². The number of phenolic OH excluding ortho intramolecular Hbond substituents is 1. The van der Waals surface area contributed by atoms with Crippen LogP contribution in [0.1, 0.15) is 5.56 Å². The van der Waals surface area contributed by atoms with Crippen LogP contribution in [0.5, 0.6) is 17.2 Å². The smallest absolute Gasteiger partial charge is 0.134 e. The van der Waals surface area contributed by atoms with Crippen molar-refractivity contribution < 1.29 is 9.84 Å². The van der Waals surface area contributed by atoms with E-state index in [4.69, 9.17) is 16.3 Å². The summed E-state index contributed by atoms with van der Waals surface area (Å²) in [6, 6.07) is 22.0. The van der Waals surface area contributed by atoms with Gasteiger partial charge in [0.1, 0.15) is 17.2 Å². The molecule has 3 aromatic rings. The van der Waals surface area contributed by atoms with Crippen LogP contribution in [0.4, 0.5) is 5.69 Å². The van der Waals surface area contributed by atoms with E-state index in [9.17, 15) is 5.11 Å². The monoisotopic (exact) mass is 323 g/mol. The van der Waals surface area contributed by atoms with Gasteiger partial charge >= 0.3 is 0 Å². The minimum absolute atomic E-state index is 0.0613.